The number of rotatable bonds is 3. The van der Waals surface area contributed by atoms with Crippen LogP contribution in [0.15, 0.2) is 18.5 Å². The van der Waals surface area contributed by atoms with Gasteiger partial charge in [-0.1, -0.05) is 0 Å². The number of aromatic nitrogens is 1. The molecule has 1 rings (SSSR count). The molecule has 1 unspecified atom stereocenters. The first-order valence-corrected chi connectivity index (χ1v) is 3.68. The van der Waals surface area contributed by atoms with Crippen LogP contribution in [0.2, 0.25) is 0 Å². The molecule has 1 atom stereocenters. The van der Waals surface area contributed by atoms with Crippen molar-refractivity contribution in [2.75, 3.05) is 6.61 Å². The van der Waals surface area contributed by atoms with Crippen LogP contribution in [-0.2, 0) is 6.42 Å². The van der Waals surface area contributed by atoms with Gasteiger partial charge in [0.1, 0.15) is 5.82 Å². The number of nitrogens with zero attached hydrogens (tertiary/aromatic N) is 1. The van der Waals surface area contributed by atoms with E-state index in [2.05, 4.69) is 4.98 Å². The van der Waals surface area contributed by atoms with Gasteiger partial charge in [0.15, 0.2) is 0 Å². The summed E-state index contributed by atoms with van der Waals surface area (Å²) >= 11 is 0. The number of nitrogens with two attached hydrogens (primary N) is 1. The Morgan fingerprint density at radius 3 is 2.92 bits per heavy atom. The third-order valence-electron chi connectivity index (χ3n) is 1.49. The van der Waals surface area contributed by atoms with Gasteiger partial charge in [-0.15, -0.1) is 0 Å². The van der Waals surface area contributed by atoms with E-state index >= 15 is 0 Å². The van der Waals surface area contributed by atoms with Crippen LogP contribution in [0.1, 0.15) is 5.56 Å². The van der Waals surface area contributed by atoms with Crippen molar-refractivity contribution in [3.63, 3.8) is 0 Å². The minimum atomic E-state index is -0.377. The predicted molar refractivity (Wildman–Crippen MR) is 43.0 cm³/mol. The van der Waals surface area contributed by atoms with Gasteiger partial charge in [-0.3, -0.25) is 4.98 Å². The molecule has 0 aromatic carbocycles. The zero-order valence-corrected chi connectivity index (χ0v) is 6.57. The molecule has 1 heterocycles. The molecule has 66 valence electrons. The summed E-state index contributed by atoms with van der Waals surface area (Å²) in [5.74, 6) is -0.377. The third-order valence-corrected chi connectivity index (χ3v) is 1.49. The summed E-state index contributed by atoms with van der Waals surface area (Å²) in [6, 6.07) is 1.02. The van der Waals surface area contributed by atoms with Crippen LogP contribution in [0.25, 0.3) is 0 Å². The van der Waals surface area contributed by atoms with Crippen LogP contribution in [0.3, 0.4) is 0 Å². The SMILES string of the molecule is NC(CO)Cc1cncc(F)c1. The van der Waals surface area contributed by atoms with E-state index in [0.29, 0.717) is 12.0 Å². The smallest absolute Gasteiger partial charge is 0.141 e. The van der Waals surface area contributed by atoms with E-state index in [-0.39, 0.29) is 18.5 Å². The Morgan fingerprint density at radius 1 is 1.58 bits per heavy atom. The molecule has 3 N–H and O–H groups in total. The highest BCUT2D eigenvalue weighted by atomic mass is 19.1. The van der Waals surface area contributed by atoms with Crippen molar-refractivity contribution < 1.29 is 9.50 Å². The Kier molecular flexibility index (Phi) is 3.13. The summed E-state index contributed by atoms with van der Waals surface area (Å²) in [7, 11) is 0. The molecular formula is C8H11FN2O. The molecule has 0 amide bonds. The first kappa shape index (κ1) is 9.09. The molecule has 0 saturated carbocycles. The van der Waals surface area contributed by atoms with E-state index < -0.39 is 0 Å². The number of pyridine rings is 1. The minimum Gasteiger partial charge on any atom is -0.395 e. The number of aliphatic hydroxyl groups is 1. The maximum absolute atomic E-state index is 12.6. The van der Waals surface area contributed by atoms with Crippen LogP contribution >= 0.6 is 0 Å². The Labute approximate surface area is 70.0 Å². The van der Waals surface area contributed by atoms with Gasteiger partial charge in [0, 0.05) is 12.2 Å². The molecule has 0 fully saturated rings. The van der Waals surface area contributed by atoms with E-state index in [9.17, 15) is 4.39 Å². The topological polar surface area (TPSA) is 59.1 Å². The molecule has 0 aliphatic heterocycles. The fraction of sp³-hybridized carbons (Fsp3) is 0.375. The molecule has 12 heavy (non-hydrogen) atoms. The van der Waals surface area contributed by atoms with Gasteiger partial charge in [-0.05, 0) is 18.1 Å². The van der Waals surface area contributed by atoms with E-state index in [1.807, 2.05) is 0 Å². The van der Waals surface area contributed by atoms with Crippen molar-refractivity contribution in [1.29, 1.82) is 0 Å². The fourth-order valence-corrected chi connectivity index (χ4v) is 0.935. The van der Waals surface area contributed by atoms with Gasteiger partial charge in [0.25, 0.3) is 0 Å². The second-order valence-electron chi connectivity index (χ2n) is 2.66. The maximum Gasteiger partial charge on any atom is 0.141 e. The molecule has 1 aromatic rings. The van der Waals surface area contributed by atoms with Crippen molar-refractivity contribution in [3.8, 4) is 0 Å². The van der Waals surface area contributed by atoms with E-state index in [0.717, 1.165) is 6.20 Å². The quantitative estimate of drug-likeness (QED) is 0.675. The van der Waals surface area contributed by atoms with Crippen LogP contribution in [0.5, 0.6) is 0 Å². The summed E-state index contributed by atoms with van der Waals surface area (Å²) in [5.41, 5.74) is 6.16. The van der Waals surface area contributed by atoms with Crippen LogP contribution in [0.4, 0.5) is 4.39 Å². The highest BCUT2D eigenvalue weighted by Crippen LogP contribution is 2.02. The summed E-state index contributed by atoms with van der Waals surface area (Å²) in [6.45, 7) is -0.101. The van der Waals surface area contributed by atoms with E-state index in [1.54, 1.807) is 6.20 Å². The Balaban J connectivity index is 2.63. The number of hydrogen-bond acceptors (Lipinski definition) is 3. The minimum absolute atomic E-state index is 0.101. The van der Waals surface area contributed by atoms with Gasteiger partial charge in [0.05, 0.1) is 12.8 Å². The van der Waals surface area contributed by atoms with Crippen molar-refractivity contribution in [3.05, 3.63) is 29.8 Å². The van der Waals surface area contributed by atoms with Gasteiger partial charge < -0.3 is 10.8 Å². The van der Waals surface area contributed by atoms with Gasteiger partial charge in [-0.25, -0.2) is 4.39 Å². The molecule has 0 bridgehead atoms. The first-order chi connectivity index (χ1) is 5.72. The normalized spacial score (nSPS) is 12.9. The summed E-state index contributed by atoms with van der Waals surface area (Å²) in [4.78, 5) is 3.66. The summed E-state index contributed by atoms with van der Waals surface area (Å²) in [5, 5.41) is 8.63. The second-order valence-corrected chi connectivity index (χ2v) is 2.66. The second kappa shape index (κ2) is 4.13. The molecular weight excluding hydrogens is 159 g/mol. The molecule has 1 aromatic heterocycles. The van der Waals surface area contributed by atoms with Crippen molar-refractivity contribution in [2.45, 2.75) is 12.5 Å². The first-order valence-electron chi connectivity index (χ1n) is 3.68. The Morgan fingerprint density at radius 2 is 2.33 bits per heavy atom. The fourth-order valence-electron chi connectivity index (χ4n) is 0.935. The van der Waals surface area contributed by atoms with Crippen molar-refractivity contribution in [2.24, 2.45) is 5.73 Å². The number of hydrogen-bond donors (Lipinski definition) is 2. The lowest BCUT2D eigenvalue weighted by atomic mass is 10.1. The maximum atomic E-state index is 12.6. The van der Waals surface area contributed by atoms with Gasteiger partial charge >= 0.3 is 0 Å². The number of halogens is 1. The van der Waals surface area contributed by atoms with E-state index in [1.165, 1.54) is 6.07 Å². The highest BCUT2D eigenvalue weighted by molar-refractivity contribution is 5.11. The standard InChI is InChI=1S/C8H11FN2O/c9-7-1-6(3-11-4-7)2-8(10)5-12/h1,3-4,8,12H,2,5,10H2. The average Bonchev–Trinajstić information content (AvgIpc) is 2.04. The molecule has 0 aliphatic carbocycles. The molecule has 0 radical (unpaired) electrons. The van der Waals surface area contributed by atoms with Crippen LogP contribution in [0, 0.1) is 5.82 Å². The average molecular weight is 170 g/mol. The Bertz CT molecular complexity index is 255. The molecule has 0 aliphatic rings. The summed E-state index contributed by atoms with van der Waals surface area (Å²) in [6.07, 6.45) is 3.12. The lowest BCUT2D eigenvalue weighted by Gasteiger charge is -2.06. The van der Waals surface area contributed by atoms with Crippen molar-refractivity contribution >= 4 is 0 Å². The van der Waals surface area contributed by atoms with Crippen molar-refractivity contribution in [1.82, 2.24) is 4.98 Å². The van der Waals surface area contributed by atoms with Crippen LogP contribution < -0.4 is 5.73 Å². The molecule has 4 heteroatoms. The monoisotopic (exact) mass is 170 g/mol. The molecule has 0 saturated heterocycles. The summed E-state index contributed by atoms with van der Waals surface area (Å²) < 4.78 is 12.6. The zero-order valence-electron chi connectivity index (χ0n) is 6.57. The Hall–Kier alpha value is -1.00. The van der Waals surface area contributed by atoms with E-state index in [4.69, 9.17) is 10.8 Å². The third kappa shape index (κ3) is 2.56. The molecule has 3 nitrogen and oxygen atoms in total. The highest BCUT2D eigenvalue weighted by Gasteiger charge is 2.02. The number of aliphatic hydroxyl groups excluding tert-OH is 1. The van der Waals surface area contributed by atoms with Gasteiger partial charge in [0.2, 0.25) is 0 Å². The largest absolute Gasteiger partial charge is 0.395 e. The van der Waals surface area contributed by atoms with Crippen LogP contribution in [-0.4, -0.2) is 22.7 Å². The lowest BCUT2D eigenvalue weighted by Crippen LogP contribution is -2.26. The predicted octanol–water partition coefficient (Wildman–Crippen LogP) is 0.0828. The lowest BCUT2D eigenvalue weighted by molar-refractivity contribution is 0.265. The van der Waals surface area contributed by atoms with Gasteiger partial charge in [-0.2, -0.15) is 0 Å². The zero-order chi connectivity index (χ0) is 8.97. The molecule has 0 spiro atoms.